The summed E-state index contributed by atoms with van der Waals surface area (Å²) in [6.07, 6.45) is 3.64. The van der Waals surface area contributed by atoms with Gasteiger partial charge in [0.2, 0.25) is 0 Å². The van der Waals surface area contributed by atoms with E-state index in [9.17, 15) is 9.90 Å². The molecule has 1 saturated carbocycles. The second-order valence-electron chi connectivity index (χ2n) is 8.72. The molecule has 2 aliphatic rings. The second-order valence-corrected chi connectivity index (χ2v) is 8.72. The molecule has 4 rings (SSSR count). The van der Waals surface area contributed by atoms with Crippen LogP contribution in [0.4, 0.5) is 0 Å². The zero-order chi connectivity index (χ0) is 21.7. The highest BCUT2D eigenvalue weighted by Crippen LogP contribution is 2.39. The first-order valence-corrected chi connectivity index (χ1v) is 11.4. The van der Waals surface area contributed by atoms with Gasteiger partial charge in [-0.25, -0.2) is 0 Å². The Labute approximate surface area is 183 Å². The maximum absolute atomic E-state index is 12.7. The molecule has 2 fully saturated rings. The number of hydrogen-bond donors (Lipinski definition) is 2. The fraction of sp³-hybridized carbons (Fsp3) is 0.583. The number of amides is 1. The van der Waals surface area contributed by atoms with E-state index in [4.69, 9.17) is 9.26 Å². The molecule has 7 nitrogen and oxygen atoms in total. The summed E-state index contributed by atoms with van der Waals surface area (Å²) in [5.74, 6) is 0.488. The van der Waals surface area contributed by atoms with E-state index in [1.165, 1.54) is 5.56 Å². The van der Waals surface area contributed by atoms with Gasteiger partial charge in [0.25, 0.3) is 5.91 Å². The minimum absolute atomic E-state index is 0.132. The molecule has 168 valence electrons. The number of ether oxygens (including phenoxy) is 1. The van der Waals surface area contributed by atoms with Crippen molar-refractivity contribution in [2.75, 3.05) is 32.8 Å². The van der Waals surface area contributed by atoms with Crippen LogP contribution in [0.2, 0.25) is 0 Å². The molecule has 0 unspecified atom stereocenters. The smallest absolute Gasteiger partial charge is 0.273 e. The number of nitrogens with zero attached hydrogens (tertiary/aromatic N) is 2. The molecule has 1 aromatic carbocycles. The van der Waals surface area contributed by atoms with E-state index < -0.39 is 0 Å². The number of aryl methyl sites for hydroxylation is 1. The Morgan fingerprint density at radius 3 is 2.68 bits per heavy atom. The van der Waals surface area contributed by atoms with Gasteiger partial charge in [0.1, 0.15) is 5.76 Å². The topological polar surface area (TPSA) is 87.8 Å². The van der Waals surface area contributed by atoms with Gasteiger partial charge in [-0.05, 0) is 31.2 Å². The van der Waals surface area contributed by atoms with Crippen molar-refractivity contribution in [1.82, 2.24) is 15.4 Å². The molecule has 2 heterocycles. The van der Waals surface area contributed by atoms with Gasteiger partial charge in [-0.1, -0.05) is 42.4 Å². The van der Waals surface area contributed by atoms with Crippen LogP contribution in [0.25, 0.3) is 0 Å². The number of nitrogens with one attached hydrogen (secondary N) is 1. The summed E-state index contributed by atoms with van der Waals surface area (Å²) < 4.78 is 10.7. The van der Waals surface area contributed by atoms with Crippen LogP contribution < -0.4 is 5.32 Å². The summed E-state index contributed by atoms with van der Waals surface area (Å²) in [4.78, 5) is 15.1. The van der Waals surface area contributed by atoms with Crippen molar-refractivity contribution in [1.29, 1.82) is 0 Å². The van der Waals surface area contributed by atoms with Crippen LogP contribution in [0.5, 0.6) is 0 Å². The van der Waals surface area contributed by atoms with Crippen molar-refractivity contribution in [3.8, 4) is 0 Å². The third-order valence-corrected chi connectivity index (χ3v) is 6.91. The number of morpholine rings is 1. The average molecular weight is 428 g/mol. The molecule has 1 aromatic heterocycles. The lowest BCUT2D eigenvalue weighted by atomic mass is 9.74. The second kappa shape index (κ2) is 9.94. The van der Waals surface area contributed by atoms with E-state index in [2.05, 4.69) is 27.5 Å². The first-order chi connectivity index (χ1) is 15.1. The van der Waals surface area contributed by atoms with Crippen LogP contribution in [-0.4, -0.2) is 66.1 Å². The van der Waals surface area contributed by atoms with Gasteiger partial charge >= 0.3 is 0 Å². The summed E-state index contributed by atoms with van der Waals surface area (Å²) in [6.45, 7) is 5.65. The maximum Gasteiger partial charge on any atom is 0.273 e. The highest BCUT2D eigenvalue weighted by atomic mass is 16.5. The average Bonchev–Trinajstić information content (AvgIpc) is 3.24. The van der Waals surface area contributed by atoms with Gasteiger partial charge in [-0.3, -0.25) is 9.69 Å². The molecule has 2 aromatic rings. The van der Waals surface area contributed by atoms with E-state index in [1.54, 1.807) is 6.07 Å². The fourth-order valence-electron chi connectivity index (χ4n) is 4.98. The van der Waals surface area contributed by atoms with Gasteiger partial charge in [-0.2, -0.15) is 0 Å². The number of carbonyl (C=O) groups is 1. The number of aromatic nitrogens is 1. The van der Waals surface area contributed by atoms with Crippen LogP contribution in [0.15, 0.2) is 40.9 Å². The molecule has 3 atom stereocenters. The molecule has 2 N–H and O–H groups in total. The quantitative estimate of drug-likeness (QED) is 0.689. The first-order valence-electron chi connectivity index (χ1n) is 11.4. The van der Waals surface area contributed by atoms with Crippen LogP contribution in [0.1, 0.15) is 54.4 Å². The number of aliphatic hydroxyl groups excluding tert-OH is 1. The lowest BCUT2D eigenvalue weighted by molar-refractivity contribution is -0.0236. The van der Waals surface area contributed by atoms with Crippen molar-refractivity contribution >= 4 is 5.91 Å². The lowest BCUT2D eigenvalue weighted by Crippen LogP contribution is -2.48. The number of benzene rings is 1. The van der Waals surface area contributed by atoms with E-state index in [0.717, 1.165) is 45.6 Å². The number of carbonyl (C=O) groups excluding carboxylic acids is 1. The van der Waals surface area contributed by atoms with Gasteiger partial charge in [0.15, 0.2) is 5.69 Å². The number of hydrogen-bond acceptors (Lipinski definition) is 6. The third kappa shape index (κ3) is 5.00. The normalized spacial score (nSPS) is 27.5. The Bertz CT molecular complexity index is 850. The molecule has 0 bridgehead atoms. The van der Waals surface area contributed by atoms with E-state index in [1.807, 2.05) is 25.1 Å². The van der Waals surface area contributed by atoms with Gasteiger partial charge in [0.05, 0.1) is 19.3 Å². The van der Waals surface area contributed by atoms with Gasteiger partial charge in [-0.15, -0.1) is 0 Å². The molecule has 0 spiro atoms. The molecule has 1 saturated heterocycles. The van der Waals surface area contributed by atoms with E-state index in [-0.39, 0.29) is 23.5 Å². The van der Waals surface area contributed by atoms with Crippen molar-refractivity contribution in [3.63, 3.8) is 0 Å². The molecule has 1 aliphatic heterocycles. The van der Waals surface area contributed by atoms with Crippen molar-refractivity contribution < 1.29 is 19.2 Å². The SMILES string of the molecule is CCc1cc(C(=O)NC[C@]2(c3ccccc3)CC[C@H](O)[C@@H](N3CCOCC3)CC2)no1. The molecular formula is C24H33N3O4. The Morgan fingerprint density at radius 2 is 1.97 bits per heavy atom. The van der Waals surface area contributed by atoms with Crippen molar-refractivity contribution in [3.05, 3.63) is 53.4 Å². The summed E-state index contributed by atoms with van der Waals surface area (Å²) in [7, 11) is 0. The summed E-state index contributed by atoms with van der Waals surface area (Å²) in [6, 6.07) is 12.2. The number of rotatable bonds is 6. The zero-order valence-corrected chi connectivity index (χ0v) is 18.3. The van der Waals surface area contributed by atoms with Crippen molar-refractivity contribution in [2.24, 2.45) is 0 Å². The highest BCUT2D eigenvalue weighted by Gasteiger charge is 2.40. The Balaban J connectivity index is 1.52. The highest BCUT2D eigenvalue weighted by molar-refractivity contribution is 5.92. The van der Waals surface area contributed by atoms with Gasteiger partial charge in [0, 0.05) is 43.6 Å². The fourth-order valence-corrected chi connectivity index (χ4v) is 4.98. The minimum atomic E-state index is -0.373. The zero-order valence-electron chi connectivity index (χ0n) is 18.3. The number of aliphatic hydroxyl groups is 1. The monoisotopic (exact) mass is 427 g/mol. The molecule has 31 heavy (non-hydrogen) atoms. The molecule has 1 amide bonds. The Hall–Kier alpha value is -2.22. The van der Waals surface area contributed by atoms with Crippen LogP contribution >= 0.6 is 0 Å². The Kier molecular flexibility index (Phi) is 7.05. The third-order valence-electron chi connectivity index (χ3n) is 6.91. The molecule has 0 radical (unpaired) electrons. The Morgan fingerprint density at radius 1 is 1.23 bits per heavy atom. The first kappa shape index (κ1) is 22.0. The molecule has 7 heteroatoms. The standard InChI is InChI=1S/C24H33N3O4/c1-2-19-16-20(26-31-19)23(29)25-17-24(18-6-4-3-5-7-18)10-8-21(22(28)9-11-24)27-12-14-30-15-13-27/h3-7,16,21-22,28H,2,8-15,17H2,1H3,(H,25,29)/t21-,22-,24+/m0/s1. The largest absolute Gasteiger partial charge is 0.391 e. The summed E-state index contributed by atoms with van der Waals surface area (Å²) >= 11 is 0. The summed E-state index contributed by atoms with van der Waals surface area (Å²) in [5.41, 5.74) is 1.30. The predicted octanol–water partition coefficient (Wildman–Crippen LogP) is 2.54. The van der Waals surface area contributed by atoms with Crippen LogP contribution in [0.3, 0.4) is 0 Å². The minimum Gasteiger partial charge on any atom is -0.391 e. The van der Waals surface area contributed by atoms with E-state index in [0.29, 0.717) is 30.8 Å². The van der Waals surface area contributed by atoms with Crippen LogP contribution in [-0.2, 0) is 16.6 Å². The molecular weight excluding hydrogens is 394 g/mol. The van der Waals surface area contributed by atoms with Crippen molar-refractivity contribution in [2.45, 2.75) is 56.6 Å². The van der Waals surface area contributed by atoms with Gasteiger partial charge < -0.3 is 19.7 Å². The summed E-state index contributed by atoms with van der Waals surface area (Å²) in [5, 5.41) is 18.0. The maximum atomic E-state index is 12.7. The molecule has 1 aliphatic carbocycles. The van der Waals surface area contributed by atoms with Crippen LogP contribution in [0, 0.1) is 0 Å². The van der Waals surface area contributed by atoms with E-state index >= 15 is 0 Å². The predicted molar refractivity (Wildman–Crippen MR) is 117 cm³/mol. The lowest BCUT2D eigenvalue weighted by Gasteiger charge is -2.37.